The van der Waals surface area contributed by atoms with Crippen LogP contribution in [0.2, 0.25) is 0 Å². The summed E-state index contributed by atoms with van der Waals surface area (Å²) < 4.78 is 36.0. The first kappa shape index (κ1) is 25.8. The molecule has 10 heteroatoms. The molecule has 2 saturated heterocycles. The Hall–Kier alpha value is -3.29. The second kappa shape index (κ2) is 10.8. The highest BCUT2D eigenvalue weighted by atomic mass is 19.3. The van der Waals surface area contributed by atoms with Crippen molar-refractivity contribution < 1.29 is 23.0 Å². The maximum atomic E-state index is 13.8. The molecule has 3 heterocycles. The van der Waals surface area contributed by atoms with Gasteiger partial charge in [-0.15, -0.1) is 0 Å². The van der Waals surface area contributed by atoms with E-state index in [-0.39, 0.29) is 23.4 Å². The molecule has 0 radical (unpaired) electrons. The number of nitrogens with zero attached hydrogens (tertiary/aromatic N) is 4. The summed E-state index contributed by atoms with van der Waals surface area (Å²) in [6, 6.07) is 10.9. The molecule has 0 atom stereocenters. The van der Waals surface area contributed by atoms with Gasteiger partial charge < -0.3 is 14.8 Å². The van der Waals surface area contributed by atoms with Crippen LogP contribution in [0.15, 0.2) is 36.5 Å². The number of carbonyl (C=O) groups excluding carboxylic acids is 1. The number of likely N-dealkylation sites (tertiary alicyclic amines) is 1. The molecule has 2 amide bonds. The van der Waals surface area contributed by atoms with Gasteiger partial charge in [0.25, 0.3) is 0 Å². The van der Waals surface area contributed by atoms with Crippen molar-refractivity contribution in [2.75, 3.05) is 36.5 Å². The summed E-state index contributed by atoms with van der Waals surface area (Å²) in [4.78, 5) is 21.8. The molecule has 1 aromatic carbocycles. The molecule has 0 aliphatic carbocycles. The number of para-hydroxylation sites is 1. The number of rotatable bonds is 7. The van der Waals surface area contributed by atoms with Crippen LogP contribution in [-0.4, -0.2) is 60.4 Å². The average Bonchev–Trinajstić information content (AvgIpc) is 2.81. The van der Waals surface area contributed by atoms with E-state index < -0.39 is 18.2 Å². The number of halogens is 2. The number of ether oxygens (including phenoxy) is 2. The minimum atomic E-state index is -3.03. The average molecular weight is 500 g/mol. The Morgan fingerprint density at radius 3 is 2.58 bits per heavy atom. The van der Waals surface area contributed by atoms with Gasteiger partial charge in [0.1, 0.15) is 5.69 Å². The lowest BCUT2D eigenvalue weighted by Gasteiger charge is -2.48. The molecule has 192 valence electrons. The van der Waals surface area contributed by atoms with Gasteiger partial charge in [-0.25, -0.2) is 4.79 Å². The monoisotopic (exact) mass is 499 g/mol. The molecule has 2 aliphatic heterocycles. The number of carbonyl (C=O) groups is 1. The van der Waals surface area contributed by atoms with Gasteiger partial charge in [0.2, 0.25) is 0 Å². The molecule has 0 spiro atoms. The number of aromatic nitrogens is 1. The van der Waals surface area contributed by atoms with E-state index in [1.807, 2.05) is 24.3 Å². The van der Waals surface area contributed by atoms with Crippen LogP contribution in [0.5, 0.6) is 5.75 Å². The Morgan fingerprint density at radius 1 is 1.31 bits per heavy atom. The van der Waals surface area contributed by atoms with Crippen LogP contribution in [0.25, 0.3) is 0 Å². The maximum absolute atomic E-state index is 13.8. The summed E-state index contributed by atoms with van der Waals surface area (Å²) in [7, 11) is 0. The lowest BCUT2D eigenvalue weighted by molar-refractivity contribution is -0.114. The van der Waals surface area contributed by atoms with E-state index in [1.54, 1.807) is 11.8 Å². The number of anilines is 2. The third-order valence-electron chi connectivity index (χ3n) is 6.82. The fourth-order valence-electron chi connectivity index (χ4n) is 4.83. The van der Waals surface area contributed by atoms with Gasteiger partial charge in [-0.3, -0.25) is 14.8 Å². The third kappa shape index (κ3) is 5.27. The van der Waals surface area contributed by atoms with Crippen LogP contribution in [0.1, 0.15) is 43.9 Å². The zero-order valence-electron chi connectivity index (χ0n) is 20.7. The predicted molar refractivity (Wildman–Crippen MR) is 131 cm³/mol. The molecule has 1 aromatic heterocycles. The molecular weight excluding hydrogens is 468 g/mol. The Balaban J connectivity index is 1.63. The number of hydrogen-bond donors (Lipinski definition) is 1. The van der Waals surface area contributed by atoms with E-state index in [9.17, 15) is 18.8 Å². The van der Waals surface area contributed by atoms with Gasteiger partial charge >= 0.3 is 12.6 Å². The van der Waals surface area contributed by atoms with Crippen molar-refractivity contribution in [1.82, 2.24) is 9.88 Å². The number of piperidine rings is 1. The van der Waals surface area contributed by atoms with Crippen molar-refractivity contribution in [3.8, 4) is 11.8 Å². The van der Waals surface area contributed by atoms with Crippen molar-refractivity contribution in [2.45, 2.75) is 57.7 Å². The molecule has 2 fully saturated rings. The standard InChI is InChI=1S/C26H31F2N5O3/c1-17(2)20-6-4-5-7-22(20)33(19-8-10-32(11-9-19)26(14-29)15-35-16-26)25(34)31-21-13-30-18(3)12-23(21)36-24(27)28/h4-7,12-13,17,19,24H,8-11,15-16H2,1-3H3,(H,31,34). The van der Waals surface area contributed by atoms with E-state index in [4.69, 9.17) is 4.74 Å². The summed E-state index contributed by atoms with van der Waals surface area (Å²) in [5.74, 6) is 0.0167. The topological polar surface area (TPSA) is 90.7 Å². The Kier molecular flexibility index (Phi) is 7.71. The number of nitriles is 1. The molecule has 4 rings (SSSR count). The summed E-state index contributed by atoms with van der Waals surface area (Å²) in [5.41, 5.74) is 1.74. The van der Waals surface area contributed by atoms with Gasteiger partial charge in [0.15, 0.2) is 11.3 Å². The minimum Gasteiger partial charge on any atom is -0.432 e. The van der Waals surface area contributed by atoms with Crippen LogP contribution in [0, 0.1) is 18.3 Å². The van der Waals surface area contributed by atoms with Crippen molar-refractivity contribution in [1.29, 1.82) is 5.26 Å². The van der Waals surface area contributed by atoms with Crippen molar-refractivity contribution in [3.05, 3.63) is 47.8 Å². The van der Waals surface area contributed by atoms with Crippen LogP contribution in [0.4, 0.5) is 25.0 Å². The van der Waals surface area contributed by atoms with Crippen LogP contribution in [-0.2, 0) is 4.74 Å². The predicted octanol–water partition coefficient (Wildman–Crippen LogP) is 4.91. The first-order valence-corrected chi connectivity index (χ1v) is 12.1. The van der Waals surface area contributed by atoms with Gasteiger partial charge in [-0.2, -0.15) is 14.0 Å². The van der Waals surface area contributed by atoms with Crippen molar-refractivity contribution in [2.24, 2.45) is 0 Å². The molecular formula is C26H31F2N5O3. The second-order valence-corrected chi connectivity index (χ2v) is 9.57. The number of aryl methyl sites for hydroxylation is 1. The first-order valence-electron chi connectivity index (χ1n) is 12.1. The SMILES string of the molecule is Cc1cc(OC(F)F)c(NC(=O)N(c2ccccc2C(C)C)C2CCN(C3(C#N)COC3)CC2)cn1. The zero-order valence-corrected chi connectivity index (χ0v) is 20.7. The smallest absolute Gasteiger partial charge is 0.387 e. The van der Waals surface area contributed by atoms with E-state index in [0.717, 1.165) is 11.3 Å². The minimum absolute atomic E-state index is 0.0745. The number of benzene rings is 1. The van der Waals surface area contributed by atoms with Crippen molar-refractivity contribution >= 4 is 17.4 Å². The summed E-state index contributed by atoms with van der Waals surface area (Å²) in [6.07, 6.45) is 2.62. The molecule has 36 heavy (non-hydrogen) atoms. The van der Waals surface area contributed by atoms with Crippen LogP contribution < -0.4 is 15.0 Å². The number of nitrogens with one attached hydrogen (secondary N) is 1. The quantitative estimate of drug-likeness (QED) is 0.582. The highest BCUT2D eigenvalue weighted by molar-refractivity contribution is 6.03. The lowest BCUT2D eigenvalue weighted by atomic mass is 9.91. The van der Waals surface area contributed by atoms with Crippen molar-refractivity contribution in [3.63, 3.8) is 0 Å². The zero-order chi connectivity index (χ0) is 25.9. The highest BCUT2D eigenvalue weighted by Crippen LogP contribution is 2.35. The van der Waals surface area contributed by atoms with E-state index in [1.165, 1.54) is 12.3 Å². The number of urea groups is 1. The Labute approximate surface area is 209 Å². The largest absolute Gasteiger partial charge is 0.432 e. The first-order chi connectivity index (χ1) is 17.2. The fourth-order valence-corrected chi connectivity index (χ4v) is 4.83. The number of amides is 2. The molecule has 2 aliphatic rings. The fraction of sp³-hybridized carbons (Fsp3) is 0.500. The Morgan fingerprint density at radius 2 is 2.00 bits per heavy atom. The number of hydrogen-bond acceptors (Lipinski definition) is 6. The molecule has 8 nitrogen and oxygen atoms in total. The van der Waals surface area contributed by atoms with E-state index >= 15 is 0 Å². The van der Waals surface area contributed by atoms with Crippen LogP contribution in [0.3, 0.4) is 0 Å². The highest BCUT2D eigenvalue weighted by Gasteiger charge is 2.46. The van der Waals surface area contributed by atoms with Crippen LogP contribution >= 0.6 is 0 Å². The van der Waals surface area contributed by atoms with Gasteiger partial charge in [0.05, 0.1) is 25.5 Å². The third-order valence-corrected chi connectivity index (χ3v) is 6.82. The molecule has 0 unspecified atom stereocenters. The molecule has 0 bridgehead atoms. The Bertz CT molecular complexity index is 1120. The molecule has 2 aromatic rings. The number of alkyl halides is 2. The summed E-state index contributed by atoms with van der Waals surface area (Å²) in [6.45, 7) is 4.80. The molecule has 0 saturated carbocycles. The normalized spacial score (nSPS) is 17.9. The van der Waals surface area contributed by atoms with Gasteiger partial charge in [0, 0.05) is 36.6 Å². The maximum Gasteiger partial charge on any atom is 0.387 e. The lowest BCUT2D eigenvalue weighted by Crippen LogP contribution is -2.64. The van der Waals surface area contributed by atoms with E-state index in [0.29, 0.717) is 44.8 Å². The van der Waals surface area contributed by atoms with Gasteiger partial charge in [-0.1, -0.05) is 32.0 Å². The number of pyridine rings is 1. The summed E-state index contributed by atoms with van der Waals surface area (Å²) in [5, 5.41) is 12.4. The summed E-state index contributed by atoms with van der Waals surface area (Å²) >= 11 is 0. The van der Waals surface area contributed by atoms with E-state index in [2.05, 4.69) is 39.9 Å². The second-order valence-electron chi connectivity index (χ2n) is 9.57. The molecule has 1 N–H and O–H groups in total. The van der Waals surface area contributed by atoms with Gasteiger partial charge in [-0.05, 0) is 37.3 Å².